The molecule has 0 saturated heterocycles. The molecule has 6 nitrogen and oxygen atoms in total. The van der Waals surface area contributed by atoms with Crippen LogP contribution < -0.4 is 0 Å². The summed E-state index contributed by atoms with van der Waals surface area (Å²) in [5.74, 6) is 0. The van der Waals surface area contributed by atoms with Crippen molar-refractivity contribution in [3.05, 3.63) is 29.8 Å². The van der Waals surface area contributed by atoms with Gasteiger partial charge in [-0.25, -0.2) is 8.42 Å². The molecule has 0 radical (unpaired) electrons. The second-order valence-corrected chi connectivity index (χ2v) is 5.69. The number of hydrogen-bond donors (Lipinski definition) is 1. The summed E-state index contributed by atoms with van der Waals surface area (Å²) in [4.78, 5) is 0.0936. The number of methoxy groups -OCH3 is 1. The fraction of sp³-hybridized carbons (Fsp3) is 0.417. The second kappa shape index (κ2) is 7.21. The summed E-state index contributed by atoms with van der Waals surface area (Å²) in [6.45, 7) is 0.153. The van der Waals surface area contributed by atoms with Gasteiger partial charge in [-0.2, -0.15) is 9.57 Å². The molecule has 0 atom stereocenters. The van der Waals surface area contributed by atoms with E-state index in [1.807, 2.05) is 6.07 Å². The lowest BCUT2D eigenvalue weighted by molar-refractivity contribution is 0.168. The van der Waals surface area contributed by atoms with Crippen LogP contribution in [0.1, 0.15) is 5.56 Å². The van der Waals surface area contributed by atoms with E-state index in [1.165, 1.54) is 31.4 Å². The number of nitriles is 1. The topological polar surface area (TPSA) is 90.6 Å². The average molecular weight is 284 g/mol. The van der Waals surface area contributed by atoms with E-state index >= 15 is 0 Å². The molecule has 1 N–H and O–H groups in total. The Morgan fingerprint density at radius 2 is 1.95 bits per heavy atom. The number of sulfonamides is 1. The molecule has 0 unspecified atom stereocenters. The zero-order valence-electron chi connectivity index (χ0n) is 10.6. The molecule has 0 aliphatic carbocycles. The third-order valence-electron chi connectivity index (χ3n) is 2.52. The maximum absolute atomic E-state index is 12.3. The van der Waals surface area contributed by atoms with Gasteiger partial charge in [0.05, 0.1) is 29.7 Å². The minimum absolute atomic E-state index is 0.00565. The first kappa shape index (κ1) is 15.6. The summed E-state index contributed by atoms with van der Waals surface area (Å²) < 4.78 is 30.6. The Hall–Kier alpha value is -1.46. The lowest BCUT2D eigenvalue weighted by Crippen LogP contribution is -2.36. The maximum atomic E-state index is 12.3. The van der Waals surface area contributed by atoms with Crippen molar-refractivity contribution in [2.75, 3.05) is 33.4 Å². The molecule has 104 valence electrons. The number of rotatable bonds is 7. The van der Waals surface area contributed by atoms with Crippen molar-refractivity contribution in [2.45, 2.75) is 4.90 Å². The number of aliphatic hydroxyl groups is 1. The van der Waals surface area contributed by atoms with Gasteiger partial charge in [-0.3, -0.25) is 0 Å². The van der Waals surface area contributed by atoms with Gasteiger partial charge >= 0.3 is 0 Å². The van der Waals surface area contributed by atoms with Gasteiger partial charge in [-0.1, -0.05) is 0 Å². The number of ether oxygens (including phenoxy) is 1. The minimum Gasteiger partial charge on any atom is -0.395 e. The molecule has 1 rings (SSSR count). The Kier molecular flexibility index (Phi) is 5.92. The van der Waals surface area contributed by atoms with E-state index < -0.39 is 10.0 Å². The highest BCUT2D eigenvalue weighted by Gasteiger charge is 2.23. The van der Waals surface area contributed by atoms with E-state index in [9.17, 15) is 8.42 Å². The van der Waals surface area contributed by atoms with E-state index in [0.29, 0.717) is 5.56 Å². The van der Waals surface area contributed by atoms with Crippen molar-refractivity contribution >= 4 is 10.0 Å². The van der Waals surface area contributed by atoms with E-state index in [0.717, 1.165) is 4.31 Å². The molecule has 0 aromatic heterocycles. The molecule has 0 aliphatic heterocycles. The lowest BCUT2D eigenvalue weighted by Gasteiger charge is -2.20. The monoisotopic (exact) mass is 284 g/mol. The maximum Gasteiger partial charge on any atom is 0.243 e. The SMILES string of the molecule is COCCN(CCO)S(=O)(=O)c1ccc(C#N)cc1. The summed E-state index contributed by atoms with van der Waals surface area (Å²) >= 11 is 0. The van der Waals surface area contributed by atoms with Crippen LogP contribution in [0.5, 0.6) is 0 Å². The van der Waals surface area contributed by atoms with E-state index in [1.54, 1.807) is 0 Å². The molecule has 0 bridgehead atoms. The molecular weight excluding hydrogens is 268 g/mol. The Balaban J connectivity index is 3.00. The van der Waals surface area contributed by atoms with Crippen molar-refractivity contribution in [3.63, 3.8) is 0 Å². The Bertz CT molecular complexity index is 534. The van der Waals surface area contributed by atoms with Crippen molar-refractivity contribution in [1.82, 2.24) is 4.31 Å². The van der Waals surface area contributed by atoms with E-state index in [-0.39, 0.29) is 31.2 Å². The Morgan fingerprint density at radius 3 is 2.42 bits per heavy atom. The summed E-state index contributed by atoms with van der Waals surface area (Å²) in [6, 6.07) is 7.58. The van der Waals surface area contributed by atoms with Crippen molar-refractivity contribution in [2.24, 2.45) is 0 Å². The third-order valence-corrected chi connectivity index (χ3v) is 4.43. The predicted molar refractivity (Wildman–Crippen MR) is 68.9 cm³/mol. The summed E-state index contributed by atoms with van der Waals surface area (Å²) in [7, 11) is -2.20. The van der Waals surface area contributed by atoms with Crippen LogP contribution in [0.3, 0.4) is 0 Å². The van der Waals surface area contributed by atoms with Crippen molar-refractivity contribution in [3.8, 4) is 6.07 Å². The fourth-order valence-electron chi connectivity index (χ4n) is 1.51. The lowest BCUT2D eigenvalue weighted by atomic mass is 10.2. The number of hydrogen-bond acceptors (Lipinski definition) is 5. The van der Waals surface area contributed by atoms with Crippen LogP contribution in [0.25, 0.3) is 0 Å². The van der Waals surface area contributed by atoms with Gasteiger partial charge in [0.15, 0.2) is 0 Å². The first-order valence-corrected chi connectivity index (χ1v) is 7.10. The quantitative estimate of drug-likeness (QED) is 0.771. The van der Waals surface area contributed by atoms with Gasteiger partial charge < -0.3 is 9.84 Å². The van der Waals surface area contributed by atoms with Gasteiger partial charge in [-0.05, 0) is 24.3 Å². The van der Waals surface area contributed by atoms with Crippen molar-refractivity contribution < 1.29 is 18.3 Å². The predicted octanol–water partition coefficient (Wildman–Crippen LogP) is 0.188. The molecule has 0 spiro atoms. The normalized spacial score (nSPS) is 11.5. The summed E-state index contributed by atoms with van der Waals surface area (Å²) in [5, 5.41) is 17.6. The largest absolute Gasteiger partial charge is 0.395 e. The number of aliphatic hydroxyl groups excluding tert-OH is 1. The summed E-state index contributed by atoms with van der Waals surface area (Å²) in [5.41, 5.74) is 0.393. The van der Waals surface area contributed by atoms with Crippen molar-refractivity contribution in [1.29, 1.82) is 5.26 Å². The van der Waals surface area contributed by atoms with Crippen LogP contribution in [0.4, 0.5) is 0 Å². The van der Waals surface area contributed by atoms with Gasteiger partial charge in [0.25, 0.3) is 0 Å². The Labute approximate surface area is 112 Å². The first-order valence-electron chi connectivity index (χ1n) is 5.66. The molecule has 0 aliphatic rings. The first-order chi connectivity index (χ1) is 9.06. The Morgan fingerprint density at radius 1 is 1.32 bits per heavy atom. The molecule has 0 saturated carbocycles. The smallest absolute Gasteiger partial charge is 0.243 e. The number of benzene rings is 1. The third kappa shape index (κ3) is 4.01. The van der Waals surface area contributed by atoms with Crippen LogP contribution in [0.2, 0.25) is 0 Å². The molecular formula is C12H16N2O4S. The minimum atomic E-state index is -3.68. The highest BCUT2D eigenvalue weighted by Crippen LogP contribution is 2.15. The van der Waals surface area contributed by atoms with E-state index in [4.69, 9.17) is 15.1 Å². The van der Waals surface area contributed by atoms with Crippen LogP contribution in [0, 0.1) is 11.3 Å². The molecule has 0 amide bonds. The zero-order chi connectivity index (χ0) is 14.3. The van der Waals surface area contributed by atoms with E-state index in [2.05, 4.69) is 0 Å². The standard InChI is InChI=1S/C12H16N2O4S/c1-18-9-7-14(6-8-15)19(16,17)12-4-2-11(10-13)3-5-12/h2-5,15H,6-9H2,1H3. The van der Waals surface area contributed by atoms with Crippen LogP contribution in [-0.2, 0) is 14.8 Å². The molecule has 1 aromatic carbocycles. The molecule has 19 heavy (non-hydrogen) atoms. The zero-order valence-corrected chi connectivity index (χ0v) is 11.4. The molecule has 0 fully saturated rings. The molecule has 7 heteroatoms. The van der Waals surface area contributed by atoms with Gasteiger partial charge in [0.1, 0.15) is 0 Å². The highest BCUT2D eigenvalue weighted by atomic mass is 32.2. The molecule has 0 heterocycles. The average Bonchev–Trinajstić information content (AvgIpc) is 2.43. The van der Waals surface area contributed by atoms with Crippen LogP contribution in [0.15, 0.2) is 29.2 Å². The summed E-state index contributed by atoms with van der Waals surface area (Å²) in [6.07, 6.45) is 0. The second-order valence-electron chi connectivity index (χ2n) is 3.76. The highest BCUT2D eigenvalue weighted by molar-refractivity contribution is 7.89. The van der Waals surface area contributed by atoms with Gasteiger partial charge in [0.2, 0.25) is 10.0 Å². The fourth-order valence-corrected chi connectivity index (χ4v) is 2.92. The van der Waals surface area contributed by atoms with Gasteiger partial charge in [0, 0.05) is 20.2 Å². The van der Waals surface area contributed by atoms with Crippen LogP contribution >= 0.6 is 0 Å². The number of nitrogens with zero attached hydrogens (tertiary/aromatic N) is 2. The molecule has 1 aromatic rings. The van der Waals surface area contributed by atoms with Crippen LogP contribution in [-0.4, -0.2) is 51.2 Å². The van der Waals surface area contributed by atoms with Gasteiger partial charge in [-0.15, -0.1) is 0 Å².